The molecular weight excluding hydrogens is 256 g/mol. The van der Waals surface area contributed by atoms with Gasteiger partial charge in [0, 0.05) is 12.3 Å². The van der Waals surface area contributed by atoms with Crippen molar-refractivity contribution in [3.63, 3.8) is 0 Å². The van der Waals surface area contributed by atoms with Crippen LogP contribution < -0.4 is 0 Å². The Bertz CT molecular complexity index is 328. The number of amidine groups is 1. The van der Waals surface area contributed by atoms with Crippen molar-refractivity contribution in [3.05, 3.63) is 0 Å². The first-order valence-corrected chi connectivity index (χ1v) is 7.24. The number of piperidine rings is 1. The molecule has 5 atom stereocenters. The number of unbranched alkanes of at least 4 members (excludes halogenated alkanes) is 1. The third-order valence-corrected chi connectivity index (χ3v) is 4.51. The summed E-state index contributed by atoms with van der Waals surface area (Å²) in [5.74, 6) is 0.562. The number of aliphatic hydroxyl groups excluding tert-OH is 4. The zero-order valence-electron chi connectivity index (χ0n) is 10.3. The van der Waals surface area contributed by atoms with E-state index in [0.29, 0.717) is 17.5 Å². The van der Waals surface area contributed by atoms with Gasteiger partial charge in [-0.1, -0.05) is 25.1 Å². The van der Waals surface area contributed by atoms with Crippen LogP contribution in [0.25, 0.3) is 0 Å². The van der Waals surface area contributed by atoms with Crippen molar-refractivity contribution >= 4 is 16.9 Å². The minimum atomic E-state index is -1.37. The van der Waals surface area contributed by atoms with Crippen molar-refractivity contribution in [2.45, 2.75) is 50.3 Å². The van der Waals surface area contributed by atoms with Gasteiger partial charge in [-0.15, -0.1) is 0 Å². The van der Waals surface area contributed by atoms with Gasteiger partial charge in [0.2, 0.25) is 0 Å². The highest BCUT2D eigenvalue weighted by atomic mass is 32.2. The van der Waals surface area contributed by atoms with Crippen LogP contribution in [0, 0.1) is 0 Å². The van der Waals surface area contributed by atoms with Crippen LogP contribution >= 0.6 is 11.8 Å². The van der Waals surface area contributed by atoms with E-state index in [1.54, 1.807) is 0 Å². The van der Waals surface area contributed by atoms with Gasteiger partial charge in [-0.2, -0.15) is 0 Å². The summed E-state index contributed by atoms with van der Waals surface area (Å²) in [6.07, 6.45) is -2.94. The van der Waals surface area contributed by atoms with Crippen LogP contribution in [0.3, 0.4) is 0 Å². The molecule has 0 unspecified atom stereocenters. The van der Waals surface area contributed by atoms with Crippen LogP contribution in [0.4, 0.5) is 0 Å². The predicted octanol–water partition coefficient (Wildman–Crippen LogP) is -1.03. The lowest BCUT2D eigenvalue weighted by Gasteiger charge is -2.44. The van der Waals surface area contributed by atoms with E-state index >= 15 is 0 Å². The van der Waals surface area contributed by atoms with Crippen LogP contribution in [0.1, 0.15) is 19.8 Å². The molecule has 0 bridgehead atoms. The number of thioether (sulfide) groups is 1. The lowest BCUT2D eigenvalue weighted by molar-refractivity contribution is -0.190. The van der Waals surface area contributed by atoms with Crippen molar-refractivity contribution in [3.8, 4) is 0 Å². The van der Waals surface area contributed by atoms with Gasteiger partial charge in [-0.25, -0.2) is 0 Å². The monoisotopic (exact) mass is 276 g/mol. The standard InChI is InChI=1S/C11H20N2O4S/c1-2-3-4-12-11-13-6(5-18-11)7(14)8(15)9(16)10(13)17/h6-10,14-17H,2-5H2,1H3/b12-11+/t6-,7-,8+,9-,10-/m1/s1. The number of rotatable bonds is 3. The third-order valence-electron chi connectivity index (χ3n) is 3.40. The minimum Gasteiger partial charge on any atom is -0.388 e. The number of aliphatic hydroxyl groups is 4. The molecule has 7 heteroatoms. The molecule has 0 saturated carbocycles. The number of nitrogens with zero attached hydrogens (tertiary/aromatic N) is 2. The first kappa shape index (κ1) is 14.1. The van der Waals surface area contributed by atoms with E-state index in [0.717, 1.165) is 12.8 Å². The van der Waals surface area contributed by atoms with Gasteiger partial charge < -0.3 is 25.3 Å². The van der Waals surface area contributed by atoms with E-state index in [4.69, 9.17) is 0 Å². The molecule has 0 amide bonds. The second kappa shape index (κ2) is 5.75. The Labute approximate surface area is 110 Å². The molecule has 2 aliphatic rings. The molecule has 2 heterocycles. The number of hydrogen-bond acceptors (Lipinski definition) is 6. The fraction of sp³-hybridized carbons (Fsp3) is 0.909. The predicted molar refractivity (Wildman–Crippen MR) is 69.3 cm³/mol. The molecule has 0 aliphatic carbocycles. The minimum absolute atomic E-state index is 0.385. The van der Waals surface area contributed by atoms with Crippen LogP contribution in [-0.2, 0) is 0 Å². The van der Waals surface area contributed by atoms with Crippen LogP contribution in [0.15, 0.2) is 4.99 Å². The highest BCUT2D eigenvalue weighted by Gasteiger charge is 2.51. The summed E-state index contributed by atoms with van der Waals surface area (Å²) < 4.78 is 0. The number of aliphatic imine (C=N–C) groups is 1. The summed E-state index contributed by atoms with van der Waals surface area (Å²) in [7, 11) is 0. The second-order valence-electron chi connectivity index (χ2n) is 4.69. The highest BCUT2D eigenvalue weighted by molar-refractivity contribution is 8.14. The summed E-state index contributed by atoms with van der Waals surface area (Å²) in [6, 6.07) is -0.385. The van der Waals surface area contributed by atoms with Gasteiger partial charge in [0.15, 0.2) is 11.4 Å². The maximum absolute atomic E-state index is 9.97. The maximum Gasteiger partial charge on any atom is 0.161 e. The maximum atomic E-state index is 9.97. The van der Waals surface area contributed by atoms with Crippen molar-refractivity contribution in [1.29, 1.82) is 0 Å². The van der Waals surface area contributed by atoms with E-state index in [9.17, 15) is 20.4 Å². The van der Waals surface area contributed by atoms with Crippen molar-refractivity contribution in [2.24, 2.45) is 4.99 Å². The smallest absolute Gasteiger partial charge is 0.161 e. The number of fused-ring (bicyclic) bond motifs is 1. The van der Waals surface area contributed by atoms with E-state index in [-0.39, 0.29) is 6.04 Å². The average molecular weight is 276 g/mol. The average Bonchev–Trinajstić information content (AvgIpc) is 2.78. The van der Waals surface area contributed by atoms with Gasteiger partial charge in [0.05, 0.1) is 6.04 Å². The Morgan fingerprint density at radius 1 is 1.22 bits per heavy atom. The van der Waals surface area contributed by atoms with Crippen LogP contribution in [0.2, 0.25) is 0 Å². The van der Waals surface area contributed by atoms with Gasteiger partial charge in [0.1, 0.15) is 18.3 Å². The Kier molecular flexibility index (Phi) is 4.50. The lowest BCUT2D eigenvalue weighted by atomic mass is 9.94. The molecule has 18 heavy (non-hydrogen) atoms. The Hall–Kier alpha value is -0.340. The summed E-state index contributed by atoms with van der Waals surface area (Å²) in [5.41, 5.74) is 0. The van der Waals surface area contributed by atoms with Gasteiger partial charge in [0.25, 0.3) is 0 Å². The van der Waals surface area contributed by atoms with Gasteiger partial charge in [-0.05, 0) is 6.42 Å². The molecule has 6 nitrogen and oxygen atoms in total. The molecule has 2 saturated heterocycles. The SMILES string of the molecule is CCCC/N=C1/SC[C@@H]2[C@@H](O)[C@H](O)[C@@H](O)[C@@H](O)N12. The normalized spacial score (nSPS) is 42.4. The van der Waals surface area contributed by atoms with E-state index in [2.05, 4.69) is 11.9 Å². The summed E-state index contributed by atoms with van der Waals surface area (Å²) in [4.78, 5) is 5.91. The van der Waals surface area contributed by atoms with Gasteiger partial charge >= 0.3 is 0 Å². The van der Waals surface area contributed by atoms with Gasteiger partial charge in [-0.3, -0.25) is 4.99 Å². The lowest BCUT2D eigenvalue weighted by Crippen LogP contribution is -2.65. The first-order chi connectivity index (χ1) is 8.57. The summed E-state index contributed by atoms with van der Waals surface area (Å²) in [5, 5.41) is 39.8. The van der Waals surface area contributed by atoms with Crippen LogP contribution in [-0.4, -0.2) is 73.4 Å². The third kappa shape index (κ3) is 2.37. The zero-order valence-corrected chi connectivity index (χ0v) is 11.1. The summed E-state index contributed by atoms with van der Waals surface area (Å²) >= 11 is 1.44. The summed E-state index contributed by atoms with van der Waals surface area (Å²) in [6.45, 7) is 2.74. The molecular formula is C11H20N2O4S. The zero-order chi connectivity index (χ0) is 13.3. The van der Waals surface area contributed by atoms with Crippen LogP contribution in [0.5, 0.6) is 0 Å². The molecule has 0 radical (unpaired) electrons. The Morgan fingerprint density at radius 3 is 2.61 bits per heavy atom. The fourth-order valence-electron chi connectivity index (χ4n) is 2.26. The van der Waals surface area contributed by atoms with E-state index < -0.39 is 24.5 Å². The largest absolute Gasteiger partial charge is 0.388 e. The topological polar surface area (TPSA) is 96.5 Å². The highest BCUT2D eigenvalue weighted by Crippen LogP contribution is 2.34. The molecule has 0 aromatic carbocycles. The molecule has 4 N–H and O–H groups in total. The molecule has 2 fully saturated rings. The van der Waals surface area contributed by atoms with Crippen molar-refractivity contribution in [1.82, 2.24) is 4.90 Å². The molecule has 104 valence electrons. The molecule has 0 spiro atoms. The fourth-order valence-corrected chi connectivity index (χ4v) is 3.51. The quantitative estimate of drug-likeness (QED) is 0.493. The Balaban J connectivity index is 2.13. The van der Waals surface area contributed by atoms with Crippen molar-refractivity contribution in [2.75, 3.05) is 12.3 Å². The van der Waals surface area contributed by atoms with E-state index in [1.165, 1.54) is 16.7 Å². The van der Waals surface area contributed by atoms with Crippen molar-refractivity contribution < 1.29 is 20.4 Å². The molecule has 2 rings (SSSR count). The second-order valence-corrected chi connectivity index (χ2v) is 5.68. The Morgan fingerprint density at radius 2 is 1.94 bits per heavy atom. The van der Waals surface area contributed by atoms with E-state index in [1.807, 2.05) is 0 Å². The molecule has 0 aromatic heterocycles. The number of hydrogen-bond donors (Lipinski definition) is 4. The molecule has 0 aromatic rings. The first-order valence-electron chi connectivity index (χ1n) is 6.25. The molecule has 2 aliphatic heterocycles.